The van der Waals surface area contributed by atoms with E-state index in [1.54, 1.807) is 0 Å². The van der Waals surface area contributed by atoms with Gasteiger partial charge in [0.1, 0.15) is 12.1 Å². The molecular formula is C27H43N5O6. The maximum atomic E-state index is 13.2. The molecule has 0 spiro atoms. The summed E-state index contributed by atoms with van der Waals surface area (Å²) >= 11 is 0. The number of hydrogen-bond donors (Lipinski definition) is 7. The normalized spacial score (nSPS) is 22.6. The first-order valence-corrected chi connectivity index (χ1v) is 13.5. The lowest BCUT2D eigenvalue weighted by Gasteiger charge is -2.29. The summed E-state index contributed by atoms with van der Waals surface area (Å²) in [6.07, 6.45) is 2.90. The average Bonchev–Trinajstić information content (AvgIpc) is 2.88. The van der Waals surface area contributed by atoms with Crippen LogP contribution in [-0.2, 0) is 19.2 Å². The van der Waals surface area contributed by atoms with Gasteiger partial charge >= 0.3 is 5.97 Å². The Balaban J connectivity index is 2.05. The minimum atomic E-state index is -1.06. The molecule has 1 fully saturated rings. The van der Waals surface area contributed by atoms with Gasteiger partial charge in [0.15, 0.2) is 0 Å². The number of aliphatic carboxylic acids is 1. The maximum absolute atomic E-state index is 13.2. The van der Waals surface area contributed by atoms with Crippen molar-refractivity contribution in [3.63, 3.8) is 0 Å². The van der Waals surface area contributed by atoms with E-state index in [0.29, 0.717) is 38.5 Å². The first kappa shape index (κ1) is 31.0. The van der Waals surface area contributed by atoms with Gasteiger partial charge in [-0.25, -0.2) is 0 Å². The van der Waals surface area contributed by atoms with Gasteiger partial charge in [0, 0.05) is 18.7 Å². The third-order valence-corrected chi connectivity index (χ3v) is 6.72. The molecule has 11 nitrogen and oxygen atoms in total. The molecule has 1 aliphatic heterocycles. The molecular weight excluding hydrogens is 490 g/mol. The van der Waals surface area contributed by atoms with Crippen LogP contribution in [0.25, 0.3) is 0 Å². The average molecular weight is 534 g/mol. The number of amides is 3. The van der Waals surface area contributed by atoms with E-state index in [2.05, 4.69) is 21.3 Å². The molecule has 0 bridgehead atoms. The standard InChI is InChI=1S/C27H43N5O6/c1-3-7-21-26(37)30-20(23(33)16-29-18-12-10-17(2)11-13-18)8-5-4-6-9-22(27(38)32-21)31-25(36)19(28)14-15-24(34)35/h10-13,19-23,29,33H,3-9,14-16,28H2,1-2H3,(H,30,37)(H,31,36)(H,32,38)(H,34,35)/t19-,20-,21-,22-,23+/m0/s1. The van der Waals surface area contributed by atoms with Gasteiger partial charge < -0.3 is 37.2 Å². The summed E-state index contributed by atoms with van der Waals surface area (Å²) in [6.45, 7) is 4.15. The number of aliphatic hydroxyl groups is 1. The molecule has 1 aliphatic rings. The second-order valence-electron chi connectivity index (χ2n) is 10.0. The van der Waals surface area contributed by atoms with Crippen LogP contribution in [0.5, 0.6) is 0 Å². The Labute approximate surface area is 224 Å². The fraction of sp³-hybridized carbons (Fsp3) is 0.630. The molecule has 8 N–H and O–H groups in total. The number of nitrogens with two attached hydrogens (primary N) is 1. The first-order valence-electron chi connectivity index (χ1n) is 13.5. The van der Waals surface area contributed by atoms with Gasteiger partial charge in [-0.3, -0.25) is 19.2 Å². The molecule has 11 heteroatoms. The van der Waals surface area contributed by atoms with Crippen molar-refractivity contribution in [2.24, 2.45) is 5.73 Å². The maximum Gasteiger partial charge on any atom is 0.303 e. The Bertz CT molecular complexity index is 925. The lowest BCUT2D eigenvalue weighted by atomic mass is 9.98. The summed E-state index contributed by atoms with van der Waals surface area (Å²) in [7, 11) is 0. The van der Waals surface area contributed by atoms with Crippen molar-refractivity contribution in [1.29, 1.82) is 0 Å². The van der Waals surface area contributed by atoms with E-state index >= 15 is 0 Å². The molecule has 2 rings (SSSR count). The van der Waals surface area contributed by atoms with Crippen LogP contribution in [0.3, 0.4) is 0 Å². The molecule has 3 amide bonds. The van der Waals surface area contributed by atoms with Crippen molar-refractivity contribution in [2.45, 2.75) is 102 Å². The van der Waals surface area contributed by atoms with Crippen LogP contribution in [0.4, 0.5) is 5.69 Å². The van der Waals surface area contributed by atoms with Crippen LogP contribution in [0.2, 0.25) is 0 Å². The third kappa shape index (κ3) is 10.7. The SMILES string of the molecule is CCC[C@@H]1NC(=O)[C@@H](NC(=O)[C@@H](N)CCC(=O)O)CCCCC[C@@H]([C@H](O)CNc2ccc(C)cc2)NC1=O. The molecule has 0 radical (unpaired) electrons. The fourth-order valence-electron chi connectivity index (χ4n) is 4.36. The molecule has 38 heavy (non-hydrogen) atoms. The van der Waals surface area contributed by atoms with Crippen molar-refractivity contribution >= 4 is 29.4 Å². The van der Waals surface area contributed by atoms with E-state index < -0.39 is 48.1 Å². The van der Waals surface area contributed by atoms with Crippen LogP contribution in [0, 0.1) is 6.92 Å². The van der Waals surface area contributed by atoms with E-state index in [9.17, 15) is 24.3 Å². The Morgan fingerprint density at radius 1 is 1.08 bits per heavy atom. The number of carbonyl (C=O) groups excluding carboxylic acids is 3. The van der Waals surface area contributed by atoms with Crippen LogP contribution < -0.4 is 27.0 Å². The summed E-state index contributed by atoms with van der Waals surface area (Å²) < 4.78 is 0. The molecule has 0 unspecified atom stereocenters. The van der Waals surface area contributed by atoms with Crippen LogP contribution in [0.1, 0.15) is 70.3 Å². The highest BCUT2D eigenvalue weighted by Crippen LogP contribution is 2.15. The van der Waals surface area contributed by atoms with E-state index in [0.717, 1.165) is 17.7 Å². The molecule has 0 aliphatic carbocycles. The Kier molecular flexibility index (Phi) is 13.0. The van der Waals surface area contributed by atoms with Crippen LogP contribution in [0.15, 0.2) is 24.3 Å². The number of carbonyl (C=O) groups is 4. The third-order valence-electron chi connectivity index (χ3n) is 6.72. The summed E-state index contributed by atoms with van der Waals surface area (Å²) in [4.78, 5) is 49.5. The Hall–Kier alpha value is -3.18. The number of carboxylic acids is 1. The molecule has 1 aromatic rings. The smallest absolute Gasteiger partial charge is 0.303 e. The van der Waals surface area contributed by atoms with Crippen molar-refractivity contribution in [2.75, 3.05) is 11.9 Å². The van der Waals surface area contributed by atoms with Gasteiger partial charge in [-0.2, -0.15) is 0 Å². The second-order valence-corrected chi connectivity index (χ2v) is 10.0. The summed E-state index contributed by atoms with van der Waals surface area (Å²) in [5.74, 6) is -2.53. The number of aryl methyl sites for hydroxylation is 1. The summed E-state index contributed by atoms with van der Waals surface area (Å²) in [5.41, 5.74) is 7.82. The Morgan fingerprint density at radius 2 is 1.76 bits per heavy atom. The largest absolute Gasteiger partial charge is 0.481 e. The lowest BCUT2D eigenvalue weighted by molar-refractivity contribution is -0.137. The number of nitrogens with one attached hydrogen (secondary N) is 4. The number of hydrogen-bond acceptors (Lipinski definition) is 7. The molecule has 1 aromatic carbocycles. The van der Waals surface area contributed by atoms with Gasteiger partial charge in [0.25, 0.3) is 0 Å². The highest BCUT2D eigenvalue weighted by Gasteiger charge is 2.30. The molecule has 0 saturated carbocycles. The number of benzene rings is 1. The second kappa shape index (κ2) is 15.9. The van der Waals surface area contributed by atoms with Crippen LogP contribution in [-0.4, -0.2) is 70.7 Å². The van der Waals surface area contributed by atoms with Crippen molar-refractivity contribution in [3.05, 3.63) is 29.8 Å². The summed E-state index contributed by atoms with van der Waals surface area (Å²) in [5, 5.41) is 31.2. The Morgan fingerprint density at radius 3 is 2.42 bits per heavy atom. The fourth-order valence-corrected chi connectivity index (χ4v) is 4.36. The predicted octanol–water partition coefficient (Wildman–Crippen LogP) is 1.18. The molecule has 212 valence electrons. The minimum absolute atomic E-state index is 0.0428. The number of rotatable bonds is 11. The topological polar surface area (TPSA) is 183 Å². The predicted molar refractivity (Wildman–Crippen MR) is 144 cm³/mol. The number of carboxylic acid groups (broad SMARTS) is 1. The highest BCUT2D eigenvalue weighted by molar-refractivity contribution is 5.93. The van der Waals surface area contributed by atoms with Crippen molar-refractivity contribution < 1.29 is 29.4 Å². The summed E-state index contributed by atoms with van der Waals surface area (Å²) in [6, 6.07) is 4.57. The molecule has 0 aromatic heterocycles. The van der Waals surface area contributed by atoms with Crippen molar-refractivity contribution in [1.82, 2.24) is 16.0 Å². The van der Waals surface area contributed by atoms with Gasteiger partial charge in [-0.05, 0) is 44.7 Å². The quantitative estimate of drug-likeness (QED) is 0.221. The monoisotopic (exact) mass is 533 g/mol. The van der Waals surface area contributed by atoms with E-state index in [1.807, 2.05) is 38.1 Å². The first-order chi connectivity index (χ1) is 18.1. The van der Waals surface area contributed by atoms with Crippen LogP contribution >= 0.6 is 0 Å². The molecule has 1 heterocycles. The van der Waals surface area contributed by atoms with Crippen molar-refractivity contribution in [3.8, 4) is 0 Å². The van der Waals surface area contributed by atoms with E-state index in [-0.39, 0.29) is 25.3 Å². The molecule has 1 saturated heterocycles. The van der Waals surface area contributed by atoms with Gasteiger partial charge in [-0.15, -0.1) is 0 Å². The zero-order chi connectivity index (χ0) is 28.1. The zero-order valence-electron chi connectivity index (χ0n) is 22.4. The van der Waals surface area contributed by atoms with Gasteiger partial charge in [0.2, 0.25) is 17.7 Å². The lowest BCUT2D eigenvalue weighted by Crippen LogP contribution is -2.57. The molecule has 5 atom stereocenters. The minimum Gasteiger partial charge on any atom is -0.481 e. The van der Waals surface area contributed by atoms with E-state index in [4.69, 9.17) is 10.8 Å². The van der Waals surface area contributed by atoms with E-state index in [1.165, 1.54) is 0 Å². The van der Waals surface area contributed by atoms with Gasteiger partial charge in [0.05, 0.1) is 18.2 Å². The number of aliphatic hydroxyl groups excluding tert-OH is 1. The van der Waals surface area contributed by atoms with Gasteiger partial charge in [-0.1, -0.05) is 50.3 Å². The zero-order valence-corrected chi connectivity index (χ0v) is 22.4. The highest BCUT2D eigenvalue weighted by atomic mass is 16.4. The number of anilines is 1.